The van der Waals surface area contributed by atoms with Gasteiger partial charge in [0.15, 0.2) is 0 Å². The number of benzene rings is 1. The monoisotopic (exact) mass is 270 g/mol. The summed E-state index contributed by atoms with van der Waals surface area (Å²) in [5.74, 6) is -2.30. The van der Waals surface area contributed by atoms with E-state index in [0.717, 1.165) is 30.2 Å². The van der Waals surface area contributed by atoms with Crippen molar-refractivity contribution >= 4 is 17.6 Å². The molecule has 19 heavy (non-hydrogen) atoms. The van der Waals surface area contributed by atoms with Crippen LogP contribution in [-0.2, 0) is 9.53 Å². The zero-order valence-electron chi connectivity index (χ0n) is 10.3. The molecule has 0 fully saturated rings. The normalized spacial score (nSPS) is 9.84. The van der Waals surface area contributed by atoms with Gasteiger partial charge in [0.05, 0.1) is 12.0 Å². The average molecular weight is 270 g/mol. The lowest BCUT2D eigenvalue weighted by Gasteiger charge is -2.15. The molecule has 7 nitrogen and oxygen atoms in total. The molecular formula is C11H11FN2O5. The van der Waals surface area contributed by atoms with Crippen LogP contribution in [0.4, 0.5) is 10.1 Å². The fraction of sp³-hybridized carbons (Fsp3) is 0.273. The van der Waals surface area contributed by atoms with E-state index in [2.05, 4.69) is 4.74 Å². The molecular weight excluding hydrogens is 259 g/mol. The Morgan fingerprint density at radius 3 is 2.63 bits per heavy atom. The summed E-state index contributed by atoms with van der Waals surface area (Å²) in [6.45, 7) is -0.386. The van der Waals surface area contributed by atoms with Gasteiger partial charge in [-0.15, -0.1) is 0 Å². The first-order valence-corrected chi connectivity index (χ1v) is 5.13. The SMILES string of the molecule is COC(=O)CN(C)C(=O)c1cc(F)ccc1[N+](=O)[O-]. The van der Waals surface area contributed by atoms with E-state index in [1.54, 1.807) is 0 Å². The Bertz CT molecular complexity index is 532. The van der Waals surface area contributed by atoms with E-state index >= 15 is 0 Å². The molecule has 0 aliphatic carbocycles. The number of hydrogen-bond donors (Lipinski definition) is 0. The summed E-state index contributed by atoms with van der Waals surface area (Å²) in [6, 6.07) is 2.54. The third kappa shape index (κ3) is 3.47. The van der Waals surface area contributed by atoms with E-state index in [0.29, 0.717) is 0 Å². The molecule has 0 spiro atoms. The lowest BCUT2D eigenvalue weighted by atomic mass is 10.1. The lowest BCUT2D eigenvalue weighted by molar-refractivity contribution is -0.385. The number of esters is 1. The Balaban J connectivity index is 3.07. The number of methoxy groups -OCH3 is 1. The van der Waals surface area contributed by atoms with Crippen molar-refractivity contribution in [1.29, 1.82) is 0 Å². The van der Waals surface area contributed by atoms with Crippen molar-refractivity contribution in [3.05, 3.63) is 39.7 Å². The minimum Gasteiger partial charge on any atom is -0.468 e. The molecule has 0 saturated carbocycles. The highest BCUT2D eigenvalue weighted by atomic mass is 19.1. The van der Waals surface area contributed by atoms with Crippen LogP contribution >= 0.6 is 0 Å². The van der Waals surface area contributed by atoms with E-state index in [1.165, 1.54) is 7.05 Å². The molecule has 0 aromatic heterocycles. The lowest BCUT2D eigenvalue weighted by Crippen LogP contribution is -2.33. The Kier molecular flexibility index (Phi) is 4.51. The minimum atomic E-state index is -0.836. The number of amides is 1. The van der Waals surface area contributed by atoms with Crippen LogP contribution in [0, 0.1) is 15.9 Å². The van der Waals surface area contributed by atoms with Crippen molar-refractivity contribution in [2.75, 3.05) is 20.7 Å². The molecule has 0 radical (unpaired) electrons. The van der Waals surface area contributed by atoms with Gasteiger partial charge in [-0.1, -0.05) is 0 Å². The number of carbonyl (C=O) groups is 2. The van der Waals surface area contributed by atoms with Crippen LogP contribution < -0.4 is 0 Å². The zero-order valence-corrected chi connectivity index (χ0v) is 10.3. The van der Waals surface area contributed by atoms with Gasteiger partial charge >= 0.3 is 5.97 Å². The number of nitro benzene ring substituents is 1. The number of rotatable bonds is 4. The smallest absolute Gasteiger partial charge is 0.325 e. The molecule has 0 aliphatic heterocycles. The number of carbonyl (C=O) groups excluding carboxylic acids is 2. The molecule has 1 aromatic rings. The summed E-state index contributed by atoms with van der Waals surface area (Å²) in [7, 11) is 2.40. The van der Waals surface area contributed by atoms with Gasteiger partial charge in [-0.25, -0.2) is 4.39 Å². The van der Waals surface area contributed by atoms with Gasteiger partial charge in [-0.2, -0.15) is 0 Å². The largest absolute Gasteiger partial charge is 0.468 e. The van der Waals surface area contributed by atoms with E-state index in [1.807, 2.05) is 0 Å². The van der Waals surface area contributed by atoms with Crippen molar-refractivity contribution in [3.8, 4) is 0 Å². The first-order chi connectivity index (χ1) is 8.86. The predicted octanol–water partition coefficient (Wildman–Crippen LogP) is 0.979. The molecule has 0 aliphatic rings. The van der Waals surface area contributed by atoms with Gasteiger partial charge in [0.2, 0.25) is 0 Å². The first kappa shape index (κ1) is 14.6. The van der Waals surface area contributed by atoms with Gasteiger partial charge in [-0.05, 0) is 12.1 Å². The third-order valence-corrected chi connectivity index (χ3v) is 2.33. The Hall–Kier alpha value is -2.51. The first-order valence-electron chi connectivity index (χ1n) is 5.13. The molecule has 1 rings (SSSR count). The predicted molar refractivity (Wildman–Crippen MR) is 62.0 cm³/mol. The maximum absolute atomic E-state index is 13.1. The Morgan fingerprint density at radius 1 is 1.47 bits per heavy atom. The highest BCUT2D eigenvalue weighted by Gasteiger charge is 2.24. The van der Waals surface area contributed by atoms with Crippen molar-refractivity contribution in [1.82, 2.24) is 4.90 Å². The Labute approximate surface area is 107 Å². The molecule has 8 heteroatoms. The molecule has 0 heterocycles. The van der Waals surface area contributed by atoms with Crippen LogP contribution in [0.1, 0.15) is 10.4 Å². The van der Waals surface area contributed by atoms with Gasteiger partial charge in [-0.3, -0.25) is 19.7 Å². The second-order valence-corrected chi connectivity index (χ2v) is 3.66. The van der Waals surface area contributed by atoms with E-state index < -0.39 is 33.9 Å². The van der Waals surface area contributed by atoms with Crippen molar-refractivity contribution < 1.29 is 23.6 Å². The number of halogens is 1. The number of ether oxygens (including phenoxy) is 1. The quantitative estimate of drug-likeness (QED) is 0.462. The molecule has 0 atom stereocenters. The van der Waals surface area contributed by atoms with Crippen molar-refractivity contribution in [2.45, 2.75) is 0 Å². The maximum Gasteiger partial charge on any atom is 0.325 e. The standard InChI is InChI=1S/C11H11FN2O5/c1-13(6-10(15)19-2)11(16)8-5-7(12)3-4-9(8)14(17)18/h3-5H,6H2,1-2H3. The third-order valence-electron chi connectivity index (χ3n) is 2.33. The summed E-state index contributed by atoms with van der Waals surface area (Å²) in [6.07, 6.45) is 0. The van der Waals surface area contributed by atoms with Gasteiger partial charge in [0.25, 0.3) is 11.6 Å². The number of nitro groups is 1. The molecule has 1 amide bonds. The molecule has 102 valence electrons. The summed E-state index contributed by atoms with van der Waals surface area (Å²) < 4.78 is 17.4. The zero-order chi connectivity index (χ0) is 14.6. The number of likely N-dealkylation sites (N-methyl/N-ethyl adjacent to an activating group) is 1. The molecule has 0 bridgehead atoms. The highest BCUT2D eigenvalue weighted by molar-refractivity contribution is 5.99. The van der Waals surface area contributed by atoms with Gasteiger partial charge in [0, 0.05) is 13.1 Å². The second kappa shape index (κ2) is 5.89. The van der Waals surface area contributed by atoms with Gasteiger partial charge < -0.3 is 9.64 Å². The summed E-state index contributed by atoms with van der Waals surface area (Å²) in [5, 5.41) is 10.8. The Morgan fingerprint density at radius 2 is 2.11 bits per heavy atom. The summed E-state index contributed by atoms with van der Waals surface area (Å²) in [4.78, 5) is 33.8. The highest BCUT2D eigenvalue weighted by Crippen LogP contribution is 2.20. The van der Waals surface area contributed by atoms with Gasteiger partial charge in [0.1, 0.15) is 17.9 Å². The fourth-order valence-corrected chi connectivity index (χ4v) is 1.37. The van der Waals surface area contributed by atoms with Crippen molar-refractivity contribution in [3.63, 3.8) is 0 Å². The van der Waals surface area contributed by atoms with Crippen LogP contribution in [0.25, 0.3) is 0 Å². The number of hydrogen-bond acceptors (Lipinski definition) is 5. The van der Waals surface area contributed by atoms with Crippen LogP contribution in [0.5, 0.6) is 0 Å². The average Bonchev–Trinajstić information content (AvgIpc) is 2.36. The fourth-order valence-electron chi connectivity index (χ4n) is 1.37. The topological polar surface area (TPSA) is 89.8 Å². The second-order valence-electron chi connectivity index (χ2n) is 3.66. The van der Waals surface area contributed by atoms with Crippen LogP contribution in [-0.4, -0.2) is 42.4 Å². The summed E-state index contributed by atoms with van der Waals surface area (Å²) >= 11 is 0. The van der Waals surface area contributed by atoms with Crippen LogP contribution in [0.2, 0.25) is 0 Å². The molecule has 0 N–H and O–H groups in total. The number of nitrogens with zero attached hydrogens (tertiary/aromatic N) is 2. The van der Waals surface area contributed by atoms with E-state index in [4.69, 9.17) is 0 Å². The maximum atomic E-state index is 13.1. The van der Waals surface area contributed by atoms with E-state index in [9.17, 15) is 24.1 Å². The van der Waals surface area contributed by atoms with Crippen molar-refractivity contribution in [2.24, 2.45) is 0 Å². The molecule has 0 unspecified atom stereocenters. The minimum absolute atomic E-state index is 0.386. The van der Waals surface area contributed by atoms with Crippen LogP contribution in [0.15, 0.2) is 18.2 Å². The molecule has 0 saturated heterocycles. The van der Waals surface area contributed by atoms with Crippen LogP contribution in [0.3, 0.4) is 0 Å². The molecule has 1 aromatic carbocycles. The summed E-state index contributed by atoms with van der Waals surface area (Å²) in [5.41, 5.74) is -0.945. The van der Waals surface area contributed by atoms with E-state index in [-0.39, 0.29) is 6.54 Å².